The summed E-state index contributed by atoms with van der Waals surface area (Å²) in [6.07, 6.45) is 7.23. The molecule has 0 unspecified atom stereocenters. The van der Waals surface area contributed by atoms with Crippen molar-refractivity contribution in [2.45, 2.75) is 39.2 Å². The second-order valence-electron chi connectivity index (χ2n) is 7.08. The topological polar surface area (TPSA) is 61.0 Å². The van der Waals surface area contributed by atoms with Crippen LogP contribution < -0.4 is 5.32 Å². The van der Waals surface area contributed by atoms with Crippen LogP contribution in [0.5, 0.6) is 0 Å². The SMILES string of the molecule is Cc1ccccc1CN1CC[C@@H](CNC(=O)CCCc2cn[nH]c2)C1. The number of rotatable bonds is 8. The summed E-state index contributed by atoms with van der Waals surface area (Å²) < 4.78 is 0. The molecule has 0 radical (unpaired) electrons. The smallest absolute Gasteiger partial charge is 0.220 e. The van der Waals surface area contributed by atoms with Gasteiger partial charge in [-0.15, -0.1) is 0 Å². The molecule has 1 amide bonds. The maximum atomic E-state index is 12.0. The van der Waals surface area contributed by atoms with E-state index in [1.807, 2.05) is 12.4 Å². The van der Waals surface area contributed by atoms with Crippen molar-refractivity contribution in [3.63, 3.8) is 0 Å². The third-order valence-electron chi connectivity index (χ3n) is 5.04. The number of hydrogen-bond acceptors (Lipinski definition) is 3. The number of aromatic amines is 1. The number of nitrogens with zero attached hydrogens (tertiary/aromatic N) is 2. The Morgan fingerprint density at radius 3 is 3.08 bits per heavy atom. The average molecular weight is 340 g/mol. The van der Waals surface area contributed by atoms with Gasteiger partial charge in [-0.2, -0.15) is 5.10 Å². The summed E-state index contributed by atoms with van der Waals surface area (Å²) in [5.74, 6) is 0.739. The van der Waals surface area contributed by atoms with E-state index in [-0.39, 0.29) is 5.91 Å². The highest BCUT2D eigenvalue weighted by atomic mass is 16.1. The minimum absolute atomic E-state index is 0.167. The van der Waals surface area contributed by atoms with Gasteiger partial charge in [0.2, 0.25) is 5.91 Å². The number of benzene rings is 1. The van der Waals surface area contributed by atoms with Crippen molar-refractivity contribution in [1.82, 2.24) is 20.4 Å². The number of carbonyl (C=O) groups excluding carboxylic acids is 1. The summed E-state index contributed by atoms with van der Waals surface area (Å²) >= 11 is 0. The highest BCUT2D eigenvalue weighted by Gasteiger charge is 2.23. The molecule has 0 aliphatic carbocycles. The molecule has 1 aliphatic heterocycles. The van der Waals surface area contributed by atoms with Gasteiger partial charge in [0.25, 0.3) is 0 Å². The largest absolute Gasteiger partial charge is 0.356 e. The summed E-state index contributed by atoms with van der Waals surface area (Å²) in [5, 5.41) is 9.83. The zero-order valence-electron chi connectivity index (χ0n) is 15.0. The maximum absolute atomic E-state index is 12.0. The normalized spacial score (nSPS) is 17.7. The Kier molecular flexibility index (Phi) is 6.23. The highest BCUT2D eigenvalue weighted by Crippen LogP contribution is 2.19. The fourth-order valence-electron chi connectivity index (χ4n) is 3.47. The van der Waals surface area contributed by atoms with Crippen molar-refractivity contribution in [3.05, 3.63) is 53.3 Å². The molecular formula is C20H28N4O. The number of likely N-dealkylation sites (tertiary alicyclic amines) is 1. The third kappa shape index (κ3) is 5.43. The number of amides is 1. The Morgan fingerprint density at radius 2 is 2.28 bits per heavy atom. The molecule has 1 aromatic carbocycles. The molecule has 1 aliphatic rings. The van der Waals surface area contributed by atoms with Gasteiger partial charge in [-0.3, -0.25) is 14.8 Å². The van der Waals surface area contributed by atoms with E-state index in [1.54, 1.807) is 0 Å². The van der Waals surface area contributed by atoms with E-state index in [2.05, 4.69) is 51.6 Å². The third-order valence-corrected chi connectivity index (χ3v) is 5.04. The van der Waals surface area contributed by atoms with E-state index in [4.69, 9.17) is 0 Å². The van der Waals surface area contributed by atoms with Gasteiger partial charge in [-0.1, -0.05) is 24.3 Å². The monoisotopic (exact) mass is 340 g/mol. The van der Waals surface area contributed by atoms with Crippen LogP contribution >= 0.6 is 0 Å². The molecule has 2 heterocycles. The maximum Gasteiger partial charge on any atom is 0.220 e. The van der Waals surface area contributed by atoms with Crippen LogP contribution in [0.3, 0.4) is 0 Å². The molecule has 5 nitrogen and oxygen atoms in total. The number of aryl methyl sites for hydroxylation is 2. The van der Waals surface area contributed by atoms with E-state index in [0.29, 0.717) is 12.3 Å². The van der Waals surface area contributed by atoms with Crippen LogP contribution in [0, 0.1) is 12.8 Å². The molecule has 0 saturated carbocycles. The van der Waals surface area contributed by atoms with Crippen molar-refractivity contribution in [2.24, 2.45) is 5.92 Å². The van der Waals surface area contributed by atoms with Crippen LogP contribution in [0.4, 0.5) is 0 Å². The Hall–Kier alpha value is -2.14. The number of carbonyl (C=O) groups is 1. The summed E-state index contributed by atoms with van der Waals surface area (Å²) in [6.45, 7) is 6.18. The Bertz CT molecular complexity index is 668. The van der Waals surface area contributed by atoms with Gasteiger partial charge in [0, 0.05) is 32.3 Å². The zero-order chi connectivity index (χ0) is 17.5. The summed E-state index contributed by atoms with van der Waals surface area (Å²) in [4.78, 5) is 14.5. The van der Waals surface area contributed by atoms with Crippen LogP contribution in [0.2, 0.25) is 0 Å². The van der Waals surface area contributed by atoms with Crippen molar-refractivity contribution >= 4 is 5.91 Å². The van der Waals surface area contributed by atoms with Gasteiger partial charge in [0.15, 0.2) is 0 Å². The van der Waals surface area contributed by atoms with Gasteiger partial charge < -0.3 is 5.32 Å². The highest BCUT2D eigenvalue weighted by molar-refractivity contribution is 5.75. The lowest BCUT2D eigenvalue weighted by Crippen LogP contribution is -2.30. The fraction of sp³-hybridized carbons (Fsp3) is 0.500. The lowest BCUT2D eigenvalue weighted by Gasteiger charge is -2.17. The molecule has 0 spiro atoms. The summed E-state index contributed by atoms with van der Waals surface area (Å²) in [7, 11) is 0. The Morgan fingerprint density at radius 1 is 1.40 bits per heavy atom. The standard InChI is InChI=1S/C20H28N4O/c1-16-5-2-3-7-19(16)15-24-10-9-18(14-24)11-21-20(25)8-4-6-17-12-22-23-13-17/h2-3,5,7,12-13,18H,4,6,8-11,14-15H2,1H3,(H,21,25)(H,22,23)/t18-/m0/s1. The molecule has 0 bridgehead atoms. The predicted molar refractivity (Wildman–Crippen MR) is 99.1 cm³/mol. The van der Waals surface area contributed by atoms with E-state index in [1.165, 1.54) is 17.5 Å². The molecule has 2 N–H and O–H groups in total. The number of nitrogens with one attached hydrogen (secondary N) is 2. The predicted octanol–water partition coefficient (Wildman–Crippen LogP) is 2.68. The van der Waals surface area contributed by atoms with Gasteiger partial charge in [0.1, 0.15) is 0 Å². The molecule has 1 fully saturated rings. The van der Waals surface area contributed by atoms with Gasteiger partial charge >= 0.3 is 0 Å². The van der Waals surface area contributed by atoms with Gasteiger partial charge in [-0.25, -0.2) is 0 Å². The minimum atomic E-state index is 0.167. The first kappa shape index (κ1) is 17.7. The van der Waals surface area contributed by atoms with Crippen LogP contribution in [-0.2, 0) is 17.8 Å². The second-order valence-corrected chi connectivity index (χ2v) is 7.08. The lowest BCUT2D eigenvalue weighted by molar-refractivity contribution is -0.121. The first-order chi connectivity index (χ1) is 12.2. The van der Waals surface area contributed by atoms with Crippen LogP contribution in [-0.4, -0.2) is 40.6 Å². The first-order valence-electron chi connectivity index (χ1n) is 9.22. The van der Waals surface area contributed by atoms with E-state index >= 15 is 0 Å². The van der Waals surface area contributed by atoms with Crippen molar-refractivity contribution in [3.8, 4) is 0 Å². The van der Waals surface area contributed by atoms with Crippen molar-refractivity contribution in [2.75, 3.05) is 19.6 Å². The van der Waals surface area contributed by atoms with Crippen molar-refractivity contribution < 1.29 is 4.79 Å². The average Bonchev–Trinajstić information content (AvgIpc) is 3.27. The molecule has 134 valence electrons. The number of aromatic nitrogens is 2. The van der Waals surface area contributed by atoms with Gasteiger partial charge in [0.05, 0.1) is 6.20 Å². The summed E-state index contributed by atoms with van der Waals surface area (Å²) in [6, 6.07) is 8.59. The molecule has 1 saturated heterocycles. The molecule has 3 rings (SSSR count). The molecular weight excluding hydrogens is 312 g/mol. The molecule has 1 atom stereocenters. The molecule has 5 heteroatoms. The zero-order valence-corrected chi connectivity index (χ0v) is 15.0. The second kappa shape index (κ2) is 8.81. The Labute approximate surface area is 149 Å². The minimum Gasteiger partial charge on any atom is -0.356 e. The number of H-pyrrole nitrogens is 1. The quantitative estimate of drug-likeness (QED) is 0.777. The number of hydrogen-bond donors (Lipinski definition) is 2. The fourth-order valence-corrected chi connectivity index (χ4v) is 3.47. The van der Waals surface area contributed by atoms with E-state index < -0.39 is 0 Å². The molecule has 2 aromatic rings. The molecule has 1 aromatic heterocycles. The van der Waals surface area contributed by atoms with Gasteiger partial charge in [-0.05, 0) is 55.3 Å². The summed E-state index contributed by atoms with van der Waals surface area (Å²) in [5.41, 5.74) is 3.93. The lowest BCUT2D eigenvalue weighted by atomic mass is 10.1. The van der Waals surface area contributed by atoms with E-state index in [9.17, 15) is 4.79 Å². The van der Waals surface area contributed by atoms with Crippen molar-refractivity contribution in [1.29, 1.82) is 0 Å². The first-order valence-corrected chi connectivity index (χ1v) is 9.22. The molecule has 25 heavy (non-hydrogen) atoms. The Balaban J connectivity index is 1.33. The van der Waals surface area contributed by atoms with Crippen LogP contribution in [0.1, 0.15) is 36.0 Å². The van der Waals surface area contributed by atoms with Crippen LogP contribution in [0.15, 0.2) is 36.7 Å². The van der Waals surface area contributed by atoms with E-state index in [0.717, 1.165) is 44.6 Å². The van der Waals surface area contributed by atoms with Crippen LogP contribution in [0.25, 0.3) is 0 Å².